The molecule has 0 bridgehead atoms. The van der Waals surface area contributed by atoms with Crippen LogP contribution in [-0.4, -0.2) is 48.2 Å². The number of carbonyl (C=O) groups excluding carboxylic acids is 1. The number of amides is 1. The number of aromatic nitrogens is 1. The fraction of sp³-hybridized carbons (Fsp3) is 0.357. The van der Waals surface area contributed by atoms with Crippen molar-refractivity contribution in [3.8, 4) is 5.75 Å². The molecule has 0 radical (unpaired) electrons. The first-order chi connectivity index (χ1) is 17.1. The number of aryl methyl sites for hydroxylation is 1. The van der Waals surface area contributed by atoms with Crippen LogP contribution in [0.15, 0.2) is 55.2 Å². The van der Waals surface area contributed by atoms with Gasteiger partial charge in [-0.3, -0.25) is 14.7 Å². The molecule has 1 aromatic heterocycles. The highest BCUT2D eigenvalue weighted by Gasteiger charge is 2.47. The maximum atomic E-state index is 13.4. The number of likely N-dealkylation sites (N-methyl/N-ethyl adjacent to an activating group) is 1. The molecule has 2 heterocycles. The zero-order valence-corrected chi connectivity index (χ0v) is 20.3. The van der Waals surface area contributed by atoms with Crippen molar-refractivity contribution < 1.29 is 22.7 Å². The average molecular weight is 496 g/mol. The topological polar surface area (TPSA) is 54.5 Å². The SMILES string of the molecule is C=C(c1cc(C2(NC(=O)c3cc(OC[C@@H]4CCN4C)ccc3C)CC2)c2cccnc2c1)C(F)(F)F. The number of carbonyl (C=O) groups is 1. The first-order valence-electron chi connectivity index (χ1n) is 12.0. The van der Waals surface area contributed by atoms with Crippen molar-refractivity contribution in [2.24, 2.45) is 0 Å². The van der Waals surface area contributed by atoms with E-state index in [4.69, 9.17) is 4.74 Å². The van der Waals surface area contributed by atoms with Crippen LogP contribution in [0.25, 0.3) is 16.5 Å². The second kappa shape index (κ2) is 8.92. The van der Waals surface area contributed by atoms with Crippen LogP contribution in [0.3, 0.4) is 0 Å². The summed E-state index contributed by atoms with van der Waals surface area (Å²) in [6.45, 7) is 6.73. The molecule has 8 heteroatoms. The normalized spacial score (nSPS) is 19.0. The van der Waals surface area contributed by atoms with Gasteiger partial charge in [0, 0.05) is 23.2 Å². The van der Waals surface area contributed by atoms with E-state index in [1.165, 1.54) is 12.1 Å². The number of nitrogens with zero attached hydrogens (tertiary/aromatic N) is 2. The van der Waals surface area contributed by atoms with Crippen molar-refractivity contribution in [2.75, 3.05) is 20.2 Å². The molecule has 2 aliphatic rings. The molecule has 1 amide bonds. The summed E-state index contributed by atoms with van der Waals surface area (Å²) in [5, 5.41) is 3.83. The number of hydrogen-bond acceptors (Lipinski definition) is 4. The predicted octanol–water partition coefficient (Wildman–Crippen LogP) is 5.62. The van der Waals surface area contributed by atoms with Gasteiger partial charge in [0.1, 0.15) is 12.4 Å². The number of hydrogen-bond donors (Lipinski definition) is 1. The lowest BCUT2D eigenvalue weighted by molar-refractivity contribution is -0.0686. The van der Waals surface area contributed by atoms with E-state index in [9.17, 15) is 18.0 Å². The minimum Gasteiger partial charge on any atom is -0.492 e. The number of rotatable bonds is 7. The molecule has 1 aliphatic heterocycles. The van der Waals surface area contributed by atoms with E-state index in [0.29, 0.717) is 53.3 Å². The number of halogens is 3. The van der Waals surface area contributed by atoms with E-state index in [-0.39, 0.29) is 11.5 Å². The molecular formula is C28H28F3N3O2. The molecule has 5 nitrogen and oxygen atoms in total. The summed E-state index contributed by atoms with van der Waals surface area (Å²) in [5.41, 5.74) is 0.593. The molecule has 1 aliphatic carbocycles. The van der Waals surface area contributed by atoms with Crippen LogP contribution in [0.4, 0.5) is 13.2 Å². The van der Waals surface area contributed by atoms with Gasteiger partial charge in [0.25, 0.3) is 5.91 Å². The third-order valence-corrected chi connectivity index (χ3v) is 7.36. The number of benzene rings is 2. The molecule has 1 N–H and O–H groups in total. The third kappa shape index (κ3) is 4.57. The van der Waals surface area contributed by atoms with Crippen molar-refractivity contribution in [1.82, 2.24) is 15.2 Å². The quantitative estimate of drug-likeness (QED) is 0.462. The first kappa shape index (κ1) is 24.3. The Morgan fingerprint density at radius 2 is 2.03 bits per heavy atom. The Kier molecular flexibility index (Phi) is 6.03. The average Bonchev–Trinajstić information content (AvgIpc) is 3.62. The first-order valence-corrected chi connectivity index (χ1v) is 12.0. The van der Waals surface area contributed by atoms with Crippen LogP contribution < -0.4 is 10.1 Å². The van der Waals surface area contributed by atoms with E-state index in [1.807, 2.05) is 25.1 Å². The maximum absolute atomic E-state index is 13.4. The molecule has 1 saturated carbocycles. The van der Waals surface area contributed by atoms with Crippen molar-refractivity contribution in [3.63, 3.8) is 0 Å². The number of fused-ring (bicyclic) bond motifs is 1. The lowest BCUT2D eigenvalue weighted by Gasteiger charge is -2.37. The van der Waals surface area contributed by atoms with Gasteiger partial charge in [-0.15, -0.1) is 0 Å². The number of alkyl halides is 3. The molecule has 0 unspecified atom stereocenters. The highest BCUT2D eigenvalue weighted by molar-refractivity contribution is 5.98. The molecule has 3 aromatic rings. The van der Waals surface area contributed by atoms with Gasteiger partial charge < -0.3 is 10.1 Å². The van der Waals surface area contributed by atoms with Gasteiger partial charge in [0.05, 0.1) is 16.6 Å². The standard InChI is InChI=1S/C28H28F3N3O2/c1-17-6-7-21(36-16-20-8-12-34(20)3)15-23(17)26(35)33-27(9-10-27)24-13-19(18(2)28(29,30)31)14-25-22(24)5-4-11-32-25/h4-7,11,13-15,20H,2,8-10,12,16H2,1,3H3,(H,33,35)/t20-/m0/s1. The largest absolute Gasteiger partial charge is 0.492 e. The molecule has 2 aromatic carbocycles. The zero-order valence-electron chi connectivity index (χ0n) is 20.3. The predicted molar refractivity (Wildman–Crippen MR) is 133 cm³/mol. The van der Waals surface area contributed by atoms with Gasteiger partial charge in [0.15, 0.2) is 0 Å². The van der Waals surface area contributed by atoms with E-state index >= 15 is 0 Å². The number of ether oxygens (including phenoxy) is 1. The molecule has 188 valence electrons. The summed E-state index contributed by atoms with van der Waals surface area (Å²) in [6.07, 6.45) is -0.700. The number of likely N-dealkylation sites (tertiary alicyclic amines) is 1. The van der Waals surface area contributed by atoms with Gasteiger partial charge in [-0.05, 0) is 86.8 Å². The Labute approximate surface area is 208 Å². The molecule has 5 rings (SSSR count). The van der Waals surface area contributed by atoms with Crippen LogP contribution in [0, 0.1) is 6.92 Å². The van der Waals surface area contributed by atoms with E-state index in [0.717, 1.165) is 18.5 Å². The maximum Gasteiger partial charge on any atom is 0.416 e. The smallest absolute Gasteiger partial charge is 0.416 e. The summed E-state index contributed by atoms with van der Waals surface area (Å²) in [7, 11) is 2.05. The van der Waals surface area contributed by atoms with Crippen LogP contribution >= 0.6 is 0 Å². The van der Waals surface area contributed by atoms with Crippen LogP contribution in [-0.2, 0) is 5.54 Å². The summed E-state index contributed by atoms with van der Waals surface area (Å²) in [6, 6.07) is 12.3. The van der Waals surface area contributed by atoms with Gasteiger partial charge in [-0.1, -0.05) is 18.7 Å². The Hall–Kier alpha value is -3.39. The minimum absolute atomic E-state index is 0.0447. The van der Waals surface area contributed by atoms with Crippen LogP contribution in [0.5, 0.6) is 5.75 Å². The Morgan fingerprint density at radius 1 is 1.25 bits per heavy atom. The summed E-state index contributed by atoms with van der Waals surface area (Å²) in [4.78, 5) is 19.9. The van der Waals surface area contributed by atoms with Gasteiger partial charge in [-0.25, -0.2) is 0 Å². The fourth-order valence-corrected chi connectivity index (χ4v) is 4.70. The number of nitrogens with one attached hydrogen (secondary N) is 1. The van der Waals surface area contributed by atoms with Crippen molar-refractivity contribution in [3.05, 3.63) is 77.5 Å². The second-order valence-electron chi connectivity index (χ2n) is 9.82. The van der Waals surface area contributed by atoms with Crippen LogP contribution in [0.1, 0.15) is 46.3 Å². The molecule has 1 saturated heterocycles. The third-order valence-electron chi connectivity index (χ3n) is 7.36. The van der Waals surface area contributed by atoms with Crippen molar-refractivity contribution in [2.45, 2.75) is 43.9 Å². The monoisotopic (exact) mass is 495 g/mol. The number of allylic oxidation sites excluding steroid dienone is 1. The zero-order chi connectivity index (χ0) is 25.7. The van der Waals surface area contributed by atoms with Crippen molar-refractivity contribution >= 4 is 22.4 Å². The Morgan fingerprint density at radius 3 is 2.67 bits per heavy atom. The molecule has 2 fully saturated rings. The van der Waals surface area contributed by atoms with Gasteiger partial charge >= 0.3 is 6.18 Å². The van der Waals surface area contributed by atoms with Crippen molar-refractivity contribution in [1.29, 1.82) is 0 Å². The Balaban J connectivity index is 1.43. The second-order valence-corrected chi connectivity index (χ2v) is 9.82. The minimum atomic E-state index is -4.56. The molecule has 36 heavy (non-hydrogen) atoms. The summed E-state index contributed by atoms with van der Waals surface area (Å²) < 4.78 is 46.3. The lowest BCUT2D eigenvalue weighted by atomic mass is 9.93. The fourth-order valence-electron chi connectivity index (χ4n) is 4.70. The molecule has 0 spiro atoms. The summed E-state index contributed by atoms with van der Waals surface area (Å²) in [5.74, 6) is 0.335. The highest BCUT2D eigenvalue weighted by Crippen LogP contribution is 2.49. The Bertz CT molecular complexity index is 1350. The van der Waals surface area contributed by atoms with E-state index in [2.05, 4.69) is 28.8 Å². The lowest BCUT2D eigenvalue weighted by Crippen LogP contribution is -2.48. The molecular weight excluding hydrogens is 467 g/mol. The van der Waals surface area contributed by atoms with E-state index in [1.54, 1.807) is 18.3 Å². The summed E-state index contributed by atoms with van der Waals surface area (Å²) >= 11 is 0. The van der Waals surface area contributed by atoms with Gasteiger partial charge in [0.2, 0.25) is 0 Å². The van der Waals surface area contributed by atoms with Crippen LogP contribution in [0.2, 0.25) is 0 Å². The van der Waals surface area contributed by atoms with E-state index < -0.39 is 17.3 Å². The highest BCUT2D eigenvalue weighted by atomic mass is 19.4. The number of pyridine rings is 1. The van der Waals surface area contributed by atoms with Gasteiger partial charge in [-0.2, -0.15) is 13.2 Å². The molecule has 1 atom stereocenters.